The van der Waals surface area contributed by atoms with Gasteiger partial charge >= 0.3 is 11.9 Å². The zero-order valence-electron chi connectivity index (χ0n) is 6.86. The van der Waals surface area contributed by atoms with E-state index in [-0.39, 0.29) is 12.8 Å². The molecule has 0 unspecified atom stereocenters. The van der Waals surface area contributed by atoms with Gasteiger partial charge in [0, 0.05) is 6.42 Å². The van der Waals surface area contributed by atoms with Crippen molar-refractivity contribution in [1.82, 2.24) is 0 Å². The van der Waals surface area contributed by atoms with Gasteiger partial charge in [0.05, 0.1) is 0 Å². The number of aliphatic carboxylic acids is 2. The van der Waals surface area contributed by atoms with Gasteiger partial charge in [-0.25, -0.2) is 0 Å². The number of carbonyl (C=O) groups is 2. The van der Waals surface area contributed by atoms with E-state index in [1.54, 1.807) is 0 Å². The predicted octanol–water partition coefficient (Wildman–Crippen LogP) is -1.16. The molecule has 0 aromatic rings. The standard InChI is InChI=1S/C5H9NO4.CH5N/c6-3(5(9)10)1-2-4(7)8;1-2/h3H,1-2,6H2,(H,7,8)(H,9,10);2H2,1H3/t3-;/m0./s1. The third-order valence-electron chi connectivity index (χ3n) is 0.986. The Morgan fingerprint density at radius 3 is 2.00 bits per heavy atom. The summed E-state index contributed by atoms with van der Waals surface area (Å²) in [6.07, 6.45) is -0.224. The lowest BCUT2D eigenvalue weighted by molar-refractivity contribution is -0.139. The Bertz CT molecular complexity index is 148. The molecule has 0 aliphatic rings. The quantitative estimate of drug-likeness (QED) is 0.430. The molecule has 0 amide bonds. The zero-order chi connectivity index (χ0) is 10.1. The van der Waals surface area contributed by atoms with E-state index in [1.165, 1.54) is 7.05 Å². The van der Waals surface area contributed by atoms with Crippen molar-refractivity contribution in [2.45, 2.75) is 18.9 Å². The Kier molecular flexibility index (Phi) is 8.92. The summed E-state index contributed by atoms with van der Waals surface area (Å²) in [7, 11) is 1.50. The summed E-state index contributed by atoms with van der Waals surface area (Å²) < 4.78 is 0. The Labute approximate surface area is 70.2 Å². The van der Waals surface area contributed by atoms with E-state index < -0.39 is 18.0 Å². The molecule has 72 valence electrons. The highest BCUT2D eigenvalue weighted by Gasteiger charge is 2.12. The van der Waals surface area contributed by atoms with Crippen molar-refractivity contribution < 1.29 is 19.8 Å². The average molecular weight is 178 g/mol. The molecular weight excluding hydrogens is 164 g/mol. The van der Waals surface area contributed by atoms with Crippen molar-refractivity contribution in [2.75, 3.05) is 7.05 Å². The van der Waals surface area contributed by atoms with Crippen LogP contribution in [0.5, 0.6) is 0 Å². The minimum Gasteiger partial charge on any atom is -0.481 e. The first-order valence-corrected chi connectivity index (χ1v) is 3.32. The van der Waals surface area contributed by atoms with Crippen molar-refractivity contribution >= 4 is 11.9 Å². The number of nitrogens with two attached hydrogens (primary N) is 2. The van der Waals surface area contributed by atoms with Crippen LogP contribution in [0.25, 0.3) is 0 Å². The minimum atomic E-state index is -1.17. The Balaban J connectivity index is 0. The number of hydrogen-bond donors (Lipinski definition) is 4. The highest BCUT2D eigenvalue weighted by molar-refractivity contribution is 5.74. The summed E-state index contributed by atoms with van der Waals surface area (Å²) in [5.41, 5.74) is 9.50. The van der Waals surface area contributed by atoms with Crippen molar-refractivity contribution in [3.63, 3.8) is 0 Å². The first-order valence-electron chi connectivity index (χ1n) is 3.32. The summed E-state index contributed by atoms with van der Waals surface area (Å²) in [4.78, 5) is 19.9. The van der Waals surface area contributed by atoms with Crippen LogP contribution >= 0.6 is 0 Å². The lowest BCUT2D eigenvalue weighted by atomic mass is 10.2. The van der Waals surface area contributed by atoms with Gasteiger partial charge in [-0.05, 0) is 13.5 Å². The van der Waals surface area contributed by atoms with Gasteiger partial charge in [0.1, 0.15) is 6.04 Å². The molecular formula is C6H14N2O4. The second-order valence-corrected chi connectivity index (χ2v) is 1.88. The van der Waals surface area contributed by atoms with E-state index in [2.05, 4.69) is 5.73 Å². The molecule has 0 rings (SSSR count). The lowest BCUT2D eigenvalue weighted by Gasteiger charge is -2.01. The second kappa shape index (κ2) is 7.96. The smallest absolute Gasteiger partial charge is 0.320 e. The second-order valence-electron chi connectivity index (χ2n) is 1.88. The van der Waals surface area contributed by atoms with Crippen molar-refractivity contribution in [3.8, 4) is 0 Å². The summed E-state index contributed by atoms with van der Waals surface area (Å²) in [5, 5.41) is 16.3. The molecule has 0 aromatic carbocycles. The van der Waals surface area contributed by atoms with Gasteiger partial charge in [0.25, 0.3) is 0 Å². The largest absolute Gasteiger partial charge is 0.481 e. The topological polar surface area (TPSA) is 127 Å². The maximum absolute atomic E-state index is 9.99. The fourth-order valence-electron chi connectivity index (χ4n) is 0.402. The molecule has 0 fully saturated rings. The molecule has 1 atom stereocenters. The first kappa shape index (κ1) is 13.4. The Hall–Kier alpha value is -1.14. The maximum atomic E-state index is 9.99. The van der Waals surface area contributed by atoms with Crippen LogP contribution in [-0.4, -0.2) is 35.2 Å². The monoisotopic (exact) mass is 178 g/mol. The predicted molar refractivity (Wildman–Crippen MR) is 42.6 cm³/mol. The van der Waals surface area contributed by atoms with Crippen LogP contribution in [0.4, 0.5) is 0 Å². The molecule has 0 aliphatic carbocycles. The van der Waals surface area contributed by atoms with Crippen LogP contribution < -0.4 is 11.5 Å². The number of rotatable bonds is 4. The minimum absolute atomic E-state index is 0.0231. The number of carboxylic acid groups (broad SMARTS) is 2. The van der Waals surface area contributed by atoms with Gasteiger partial charge in [-0.2, -0.15) is 0 Å². The fraction of sp³-hybridized carbons (Fsp3) is 0.667. The maximum Gasteiger partial charge on any atom is 0.320 e. The normalized spacial score (nSPS) is 10.9. The lowest BCUT2D eigenvalue weighted by Crippen LogP contribution is -2.30. The van der Waals surface area contributed by atoms with Gasteiger partial charge in [-0.1, -0.05) is 0 Å². The Morgan fingerprint density at radius 2 is 1.75 bits per heavy atom. The molecule has 0 radical (unpaired) electrons. The molecule has 12 heavy (non-hydrogen) atoms. The molecule has 6 nitrogen and oxygen atoms in total. The molecule has 0 saturated heterocycles. The van der Waals surface area contributed by atoms with Crippen LogP contribution in [0.1, 0.15) is 12.8 Å². The third-order valence-corrected chi connectivity index (χ3v) is 0.986. The SMILES string of the molecule is CN.N[C@@H](CCC(=O)O)C(=O)O. The molecule has 0 aliphatic heterocycles. The molecule has 0 spiro atoms. The van der Waals surface area contributed by atoms with E-state index in [0.29, 0.717) is 0 Å². The average Bonchev–Trinajstić information content (AvgIpc) is 2.03. The summed E-state index contributed by atoms with van der Waals surface area (Å²) in [6.45, 7) is 0. The van der Waals surface area contributed by atoms with Crippen LogP contribution in [0.2, 0.25) is 0 Å². The van der Waals surface area contributed by atoms with Crippen LogP contribution in [0.15, 0.2) is 0 Å². The van der Waals surface area contributed by atoms with Gasteiger partial charge in [-0.15, -0.1) is 0 Å². The molecule has 0 heterocycles. The van der Waals surface area contributed by atoms with Crippen LogP contribution in [0.3, 0.4) is 0 Å². The van der Waals surface area contributed by atoms with Crippen LogP contribution in [-0.2, 0) is 9.59 Å². The van der Waals surface area contributed by atoms with Crippen molar-refractivity contribution in [3.05, 3.63) is 0 Å². The number of carboxylic acids is 2. The van der Waals surface area contributed by atoms with E-state index in [0.717, 1.165) is 0 Å². The van der Waals surface area contributed by atoms with E-state index in [1.807, 2.05) is 0 Å². The van der Waals surface area contributed by atoms with Crippen molar-refractivity contribution in [2.24, 2.45) is 11.5 Å². The van der Waals surface area contributed by atoms with Gasteiger partial charge in [-0.3, -0.25) is 9.59 Å². The van der Waals surface area contributed by atoms with Gasteiger partial charge < -0.3 is 21.7 Å². The van der Waals surface area contributed by atoms with Gasteiger partial charge in [0.2, 0.25) is 0 Å². The zero-order valence-corrected chi connectivity index (χ0v) is 6.86. The summed E-state index contributed by atoms with van der Waals surface area (Å²) in [6, 6.07) is -1.06. The highest BCUT2D eigenvalue weighted by Crippen LogP contribution is 1.93. The van der Waals surface area contributed by atoms with Gasteiger partial charge in [0.15, 0.2) is 0 Å². The third kappa shape index (κ3) is 8.86. The fourth-order valence-corrected chi connectivity index (χ4v) is 0.402. The number of hydrogen-bond acceptors (Lipinski definition) is 4. The summed E-state index contributed by atoms with van der Waals surface area (Å²) >= 11 is 0. The first-order chi connectivity index (χ1) is 5.54. The molecule has 0 bridgehead atoms. The van der Waals surface area contributed by atoms with E-state index in [9.17, 15) is 9.59 Å². The van der Waals surface area contributed by atoms with Crippen LogP contribution in [0, 0.1) is 0 Å². The van der Waals surface area contributed by atoms with E-state index >= 15 is 0 Å². The van der Waals surface area contributed by atoms with E-state index in [4.69, 9.17) is 15.9 Å². The molecule has 6 heteroatoms. The van der Waals surface area contributed by atoms with Crippen molar-refractivity contribution in [1.29, 1.82) is 0 Å². The molecule has 6 N–H and O–H groups in total. The highest BCUT2D eigenvalue weighted by atomic mass is 16.4. The molecule has 0 saturated carbocycles. The summed E-state index contributed by atoms with van der Waals surface area (Å²) in [5.74, 6) is -2.20. The Morgan fingerprint density at radius 1 is 1.33 bits per heavy atom. The molecule has 0 aromatic heterocycles.